The van der Waals surface area contributed by atoms with E-state index in [1.807, 2.05) is 0 Å². The zero-order valence-electron chi connectivity index (χ0n) is 10.7. The number of aliphatic hydroxyl groups is 1. The second kappa shape index (κ2) is 5.03. The van der Waals surface area contributed by atoms with Crippen molar-refractivity contribution in [3.8, 4) is 0 Å². The highest BCUT2D eigenvalue weighted by molar-refractivity contribution is 4.99. The summed E-state index contributed by atoms with van der Waals surface area (Å²) in [6, 6.07) is 0.669. The fraction of sp³-hybridized carbons (Fsp3) is 1.00. The van der Waals surface area contributed by atoms with Crippen molar-refractivity contribution in [1.82, 2.24) is 10.2 Å². The van der Waals surface area contributed by atoms with Crippen molar-refractivity contribution < 1.29 is 5.11 Å². The molecule has 2 heterocycles. The molecule has 1 unspecified atom stereocenters. The molecule has 94 valence electrons. The molecule has 0 saturated carbocycles. The summed E-state index contributed by atoms with van der Waals surface area (Å²) < 4.78 is 0. The van der Waals surface area contributed by atoms with Crippen molar-refractivity contribution in [1.29, 1.82) is 0 Å². The average Bonchev–Trinajstić information content (AvgIpc) is 2.79. The van der Waals surface area contributed by atoms with Gasteiger partial charge in [0.2, 0.25) is 0 Å². The highest BCUT2D eigenvalue weighted by Crippen LogP contribution is 2.34. The van der Waals surface area contributed by atoms with Gasteiger partial charge in [-0.25, -0.2) is 0 Å². The molecule has 0 spiro atoms. The van der Waals surface area contributed by atoms with E-state index in [4.69, 9.17) is 0 Å². The lowest BCUT2D eigenvalue weighted by molar-refractivity contribution is 0.0599. The molecule has 2 aliphatic heterocycles. The summed E-state index contributed by atoms with van der Waals surface area (Å²) in [5, 5.41) is 13.2. The van der Waals surface area contributed by atoms with Crippen molar-refractivity contribution in [2.24, 2.45) is 5.92 Å². The highest BCUT2D eigenvalue weighted by atomic mass is 16.3. The van der Waals surface area contributed by atoms with Gasteiger partial charge in [-0.2, -0.15) is 0 Å². The monoisotopic (exact) mass is 226 g/mol. The molecule has 2 saturated heterocycles. The Morgan fingerprint density at radius 1 is 1.38 bits per heavy atom. The molecule has 3 heteroatoms. The molecule has 0 aromatic rings. The molecule has 2 fully saturated rings. The fourth-order valence-corrected chi connectivity index (χ4v) is 3.41. The Labute approximate surface area is 99.2 Å². The van der Waals surface area contributed by atoms with Gasteiger partial charge in [-0.1, -0.05) is 0 Å². The standard InChI is InChI=1S/C13H26N2O/c1-11(2)15-8-4-12(5-9-15)13(10-16)6-3-7-14-13/h11-12,14,16H,3-10H2,1-2H3. The number of nitrogens with zero attached hydrogens (tertiary/aromatic N) is 1. The van der Waals surface area contributed by atoms with Gasteiger partial charge in [0.15, 0.2) is 0 Å². The molecule has 2 rings (SSSR count). The first-order valence-electron chi connectivity index (χ1n) is 6.78. The summed E-state index contributed by atoms with van der Waals surface area (Å²) in [4.78, 5) is 2.55. The molecular weight excluding hydrogens is 200 g/mol. The molecule has 0 amide bonds. The largest absolute Gasteiger partial charge is 0.394 e. The third kappa shape index (κ3) is 2.27. The predicted octanol–water partition coefficient (Wildman–Crippen LogP) is 1.22. The predicted molar refractivity (Wildman–Crippen MR) is 66.5 cm³/mol. The molecule has 3 nitrogen and oxygen atoms in total. The summed E-state index contributed by atoms with van der Waals surface area (Å²) in [5.74, 6) is 0.676. The van der Waals surface area contributed by atoms with Crippen molar-refractivity contribution >= 4 is 0 Å². The minimum atomic E-state index is 0.0586. The van der Waals surface area contributed by atoms with Gasteiger partial charge in [0.1, 0.15) is 0 Å². The lowest BCUT2D eigenvalue weighted by atomic mass is 9.77. The number of rotatable bonds is 3. The van der Waals surface area contributed by atoms with Gasteiger partial charge in [0, 0.05) is 11.6 Å². The van der Waals surface area contributed by atoms with Crippen LogP contribution in [0.15, 0.2) is 0 Å². The Morgan fingerprint density at radius 2 is 2.06 bits per heavy atom. The number of likely N-dealkylation sites (tertiary alicyclic amines) is 1. The summed E-state index contributed by atoms with van der Waals surface area (Å²) in [6.07, 6.45) is 4.87. The highest BCUT2D eigenvalue weighted by Gasteiger charge is 2.41. The van der Waals surface area contributed by atoms with Crippen LogP contribution in [-0.4, -0.2) is 47.8 Å². The van der Waals surface area contributed by atoms with Crippen molar-refractivity contribution in [3.05, 3.63) is 0 Å². The molecule has 2 aliphatic rings. The van der Waals surface area contributed by atoms with Crippen LogP contribution in [0.5, 0.6) is 0 Å². The van der Waals surface area contributed by atoms with Crippen LogP contribution in [0.2, 0.25) is 0 Å². The smallest absolute Gasteiger partial charge is 0.0616 e. The Balaban J connectivity index is 1.92. The van der Waals surface area contributed by atoms with Gasteiger partial charge in [0.25, 0.3) is 0 Å². The topological polar surface area (TPSA) is 35.5 Å². The second-order valence-corrected chi connectivity index (χ2v) is 5.75. The number of hydrogen-bond acceptors (Lipinski definition) is 3. The lowest BCUT2D eigenvalue weighted by Crippen LogP contribution is -2.54. The summed E-state index contributed by atoms with van der Waals surface area (Å²) in [6.45, 7) is 8.35. The van der Waals surface area contributed by atoms with Crippen LogP contribution in [0, 0.1) is 5.92 Å². The lowest BCUT2D eigenvalue weighted by Gasteiger charge is -2.43. The van der Waals surface area contributed by atoms with E-state index in [0.29, 0.717) is 18.6 Å². The number of hydrogen-bond donors (Lipinski definition) is 2. The SMILES string of the molecule is CC(C)N1CCC(C2(CO)CCCN2)CC1. The van der Waals surface area contributed by atoms with Gasteiger partial charge < -0.3 is 15.3 Å². The van der Waals surface area contributed by atoms with E-state index in [0.717, 1.165) is 13.0 Å². The molecule has 0 aliphatic carbocycles. The third-order valence-electron chi connectivity index (χ3n) is 4.60. The van der Waals surface area contributed by atoms with Gasteiger partial charge in [-0.15, -0.1) is 0 Å². The van der Waals surface area contributed by atoms with E-state index in [2.05, 4.69) is 24.1 Å². The minimum absolute atomic E-state index is 0.0586. The van der Waals surface area contributed by atoms with Gasteiger partial charge >= 0.3 is 0 Å². The minimum Gasteiger partial charge on any atom is -0.394 e. The maximum Gasteiger partial charge on any atom is 0.0616 e. The second-order valence-electron chi connectivity index (χ2n) is 5.75. The maximum absolute atomic E-state index is 9.67. The zero-order valence-corrected chi connectivity index (χ0v) is 10.7. The van der Waals surface area contributed by atoms with Crippen molar-refractivity contribution in [2.45, 2.75) is 51.1 Å². The van der Waals surface area contributed by atoms with Crippen LogP contribution >= 0.6 is 0 Å². The maximum atomic E-state index is 9.67. The number of piperidine rings is 1. The van der Waals surface area contributed by atoms with Crippen LogP contribution in [0.3, 0.4) is 0 Å². The first kappa shape index (κ1) is 12.3. The Bertz CT molecular complexity index is 216. The molecule has 0 aromatic carbocycles. The van der Waals surface area contributed by atoms with E-state index in [-0.39, 0.29) is 5.54 Å². The number of aliphatic hydroxyl groups excluding tert-OH is 1. The normalized spacial score (nSPS) is 33.8. The van der Waals surface area contributed by atoms with Crippen molar-refractivity contribution in [3.63, 3.8) is 0 Å². The first-order chi connectivity index (χ1) is 7.68. The van der Waals surface area contributed by atoms with Crippen LogP contribution in [0.1, 0.15) is 39.5 Å². The van der Waals surface area contributed by atoms with Crippen LogP contribution < -0.4 is 5.32 Å². The molecular formula is C13H26N2O. The van der Waals surface area contributed by atoms with Crippen LogP contribution in [0.4, 0.5) is 0 Å². The van der Waals surface area contributed by atoms with Crippen LogP contribution in [-0.2, 0) is 0 Å². The molecule has 0 radical (unpaired) electrons. The summed E-state index contributed by atoms with van der Waals surface area (Å²) in [5.41, 5.74) is 0.0586. The molecule has 0 aromatic heterocycles. The number of nitrogens with one attached hydrogen (secondary N) is 1. The van der Waals surface area contributed by atoms with Crippen molar-refractivity contribution in [2.75, 3.05) is 26.2 Å². The molecule has 16 heavy (non-hydrogen) atoms. The van der Waals surface area contributed by atoms with E-state index in [9.17, 15) is 5.11 Å². The van der Waals surface area contributed by atoms with E-state index in [1.165, 1.54) is 32.4 Å². The summed E-state index contributed by atoms with van der Waals surface area (Å²) >= 11 is 0. The van der Waals surface area contributed by atoms with Gasteiger partial charge in [0.05, 0.1) is 6.61 Å². The first-order valence-corrected chi connectivity index (χ1v) is 6.78. The molecule has 2 N–H and O–H groups in total. The fourth-order valence-electron chi connectivity index (χ4n) is 3.41. The molecule has 1 atom stereocenters. The third-order valence-corrected chi connectivity index (χ3v) is 4.60. The van der Waals surface area contributed by atoms with E-state index < -0.39 is 0 Å². The Morgan fingerprint density at radius 3 is 2.50 bits per heavy atom. The van der Waals surface area contributed by atoms with Gasteiger partial charge in [-0.3, -0.25) is 0 Å². The quantitative estimate of drug-likeness (QED) is 0.759. The zero-order chi connectivity index (χ0) is 11.6. The van der Waals surface area contributed by atoms with E-state index >= 15 is 0 Å². The van der Waals surface area contributed by atoms with E-state index in [1.54, 1.807) is 0 Å². The van der Waals surface area contributed by atoms with Crippen LogP contribution in [0.25, 0.3) is 0 Å². The Kier molecular flexibility index (Phi) is 3.88. The Hall–Kier alpha value is -0.120. The average molecular weight is 226 g/mol. The van der Waals surface area contributed by atoms with Gasteiger partial charge in [-0.05, 0) is 65.1 Å². The summed E-state index contributed by atoms with van der Waals surface area (Å²) in [7, 11) is 0. The molecule has 0 bridgehead atoms.